The van der Waals surface area contributed by atoms with Crippen molar-refractivity contribution in [1.82, 2.24) is 0 Å². The predicted octanol–water partition coefficient (Wildman–Crippen LogP) is 6.21. The van der Waals surface area contributed by atoms with E-state index in [-0.39, 0.29) is 4.75 Å². The van der Waals surface area contributed by atoms with Gasteiger partial charge >= 0.3 is 0 Å². The molecule has 2 aliphatic carbocycles. The van der Waals surface area contributed by atoms with Crippen LogP contribution in [-0.2, 0) is 12.8 Å². The lowest BCUT2D eigenvalue weighted by Crippen LogP contribution is -2.24. The van der Waals surface area contributed by atoms with E-state index in [2.05, 4.69) is 67.5 Å². The van der Waals surface area contributed by atoms with Crippen LogP contribution in [0.3, 0.4) is 0 Å². The van der Waals surface area contributed by atoms with Crippen molar-refractivity contribution < 1.29 is 0 Å². The maximum atomic E-state index is 4.12. The van der Waals surface area contributed by atoms with Crippen LogP contribution in [0.1, 0.15) is 64.0 Å². The second kappa shape index (κ2) is 6.44. The first-order chi connectivity index (χ1) is 9.27. The summed E-state index contributed by atoms with van der Waals surface area (Å²) in [5.41, 5.74) is 3.87. The highest BCUT2D eigenvalue weighted by molar-refractivity contribution is 9.10. The summed E-state index contributed by atoms with van der Waals surface area (Å²) in [6.45, 7) is 6.16. The van der Waals surface area contributed by atoms with Crippen LogP contribution >= 0.6 is 28.6 Å². The van der Waals surface area contributed by atoms with Crippen LogP contribution in [0.25, 0.3) is 0 Å². The van der Waals surface area contributed by atoms with Crippen LogP contribution < -0.4 is 0 Å². The third-order valence-corrected chi connectivity index (χ3v) is 4.71. The molecule has 0 bridgehead atoms. The molecular formula is C18H27BrS. The maximum Gasteiger partial charge on any atom is 0.0178 e. The summed E-state index contributed by atoms with van der Waals surface area (Å²) >= 11 is 7.70. The fraction of sp³-hybridized carbons (Fsp3) is 0.667. The lowest BCUT2D eigenvalue weighted by Gasteiger charge is -2.33. The lowest BCUT2D eigenvalue weighted by molar-refractivity contribution is 0.203. The largest absolute Gasteiger partial charge is 0.173 e. The molecule has 0 N–H and O–H groups in total. The van der Waals surface area contributed by atoms with Gasteiger partial charge in [0.2, 0.25) is 0 Å². The van der Waals surface area contributed by atoms with Gasteiger partial charge in [-0.1, -0.05) is 62.0 Å². The fourth-order valence-corrected chi connectivity index (χ4v) is 3.87. The number of hydrogen-bond donors (Lipinski definition) is 1. The van der Waals surface area contributed by atoms with Gasteiger partial charge in [-0.2, -0.15) is 12.6 Å². The summed E-state index contributed by atoms with van der Waals surface area (Å²) in [6.07, 6.45) is 9.96. The fourth-order valence-electron chi connectivity index (χ4n) is 3.46. The number of rotatable bonds is 0. The number of hydrogen-bond acceptors (Lipinski definition) is 1. The van der Waals surface area contributed by atoms with Crippen molar-refractivity contribution in [2.24, 2.45) is 5.41 Å². The lowest BCUT2D eigenvalue weighted by atomic mass is 9.72. The Balaban J connectivity index is 0.000000257. The number of benzene rings is 1. The molecule has 0 amide bonds. The number of thiol groups is 1. The van der Waals surface area contributed by atoms with Gasteiger partial charge in [-0.3, -0.25) is 0 Å². The molecule has 3 rings (SSSR count). The van der Waals surface area contributed by atoms with E-state index in [1.54, 1.807) is 11.1 Å². The first kappa shape index (κ1) is 16.4. The summed E-state index contributed by atoms with van der Waals surface area (Å²) in [5, 5.41) is 0. The minimum absolute atomic E-state index is 0.194. The molecule has 1 aromatic rings. The SMILES string of the molecule is Brc1ccc2c(c1)CC1(CCCCC1)C2.CC(C)(C)S. The zero-order valence-corrected chi connectivity index (χ0v) is 15.5. The monoisotopic (exact) mass is 354 g/mol. The molecule has 112 valence electrons. The molecule has 0 saturated heterocycles. The van der Waals surface area contributed by atoms with E-state index < -0.39 is 0 Å². The second-order valence-corrected chi connectivity index (χ2v) is 9.76. The molecule has 20 heavy (non-hydrogen) atoms. The highest BCUT2D eigenvalue weighted by atomic mass is 79.9. The Morgan fingerprint density at radius 1 is 1.00 bits per heavy atom. The first-order valence-corrected chi connectivity index (χ1v) is 9.01. The Morgan fingerprint density at radius 2 is 1.55 bits per heavy atom. The average molecular weight is 355 g/mol. The van der Waals surface area contributed by atoms with Crippen molar-refractivity contribution >= 4 is 28.6 Å². The van der Waals surface area contributed by atoms with E-state index in [0.29, 0.717) is 5.41 Å². The van der Waals surface area contributed by atoms with Gasteiger partial charge < -0.3 is 0 Å². The second-order valence-electron chi connectivity index (χ2n) is 7.50. The van der Waals surface area contributed by atoms with Gasteiger partial charge in [-0.15, -0.1) is 0 Å². The third-order valence-electron chi connectivity index (χ3n) is 4.21. The number of fused-ring (bicyclic) bond motifs is 1. The summed E-state index contributed by atoms with van der Waals surface area (Å²) < 4.78 is 1.44. The normalized spacial score (nSPS) is 20.2. The Hall–Kier alpha value is 0.0500. The molecule has 1 fully saturated rings. The Kier molecular flexibility index (Phi) is 5.29. The molecule has 1 saturated carbocycles. The van der Waals surface area contributed by atoms with E-state index in [1.165, 1.54) is 49.4 Å². The van der Waals surface area contributed by atoms with E-state index in [1.807, 2.05) is 0 Å². The van der Waals surface area contributed by atoms with Crippen molar-refractivity contribution in [1.29, 1.82) is 0 Å². The summed E-state index contributed by atoms with van der Waals surface area (Å²) in [6, 6.07) is 6.85. The van der Waals surface area contributed by atoms with Crippen LogP contribution in [0, 0.1) is 5.41 Å². The van der Waals surface area contributed by atoms with Crippen molar-refractivity contribution in [3.63, 3.8) is 0 Å². The molecule has 2 heteroatoms. The Morgan fingerprint density at radius 3 is 2.15 bits per heavy atom. The van der Waals surface area contributed by atoms with Gasteiger partial charge in [0, 0.05) is 9.22 Å². The van der Waals surface area contributed by atoms with E-state index in [4.69, 9.17) is 0 Å². The zero-order chi connectivity index (χ0) is 14.8. The standard InChI is InChI=1S/C14H17Br.C4H10S/c15-13-5-4-11-9-14(10-12(11)8-13)6-2-1-3-7-14;1-4(2,3)5/h4-5,8H,1-3,6-7,9-10H2;5H,1-3H3. The Labute approximate surface area is 138 Å². The topological polar surface area (TPSA) is 0 Å². The first-order valence-electron chi connectivity index (χ1n) is 7.77. The minimum Gasteiger partial charge on any atom is -0.173 e. The van der Waals surface area contributed by atoms with Crippen molar-refractivity contribution in [2.45, 2.75) is 70.5 Å². The van der Waals surface area contributed by atoms with Crippen LogP contribution in [0.15, 0.2) is 22.7 Å². The highest BCUT2D eigenvalue weighted by Gasteiger charge is 2.37. The van der Waals surface area contributed by atoms with E-state index in [0.717, 1.165) is 0 Å². The molecular weight excluding hydrogens is 328 g/mol. The maximum absolute atomic E-state index is 4.12. The molecule has 1 aromatic carbocycles. The van der Waals surface area contributed by atoms with Crippen molar-refractivity contribution in [3.05, 3.63) is 33.8 Å². The van der Waals surface area contributed by atoms with Gasteiger partial charge in [0.25, 0.3) is 0 Å². The molecule has 1 spiro atoms. The Bertz CT molecular complexity index is 447. The van der Waals surface area contributed by atoms with Crippen LogP contribution in [-0.4, -0.2) is 4.75 Å². The molecule has 0 atom stereocenters. The highest BCUT2D eigenvalue weighted by Crippen LogP contribution is 2.47. The summed E-state index contributed by atoms with van der Waals surface area (Å²) in [7, 11) is 0. The van der Waals surface area contributed by atoms with Gasteiger partial charge in [-0.05, 0) is 54.4 Å². The number of halogens is 1. The zero-order valence-electron chi connectivity index (χ0n) is 13.0. The molecule has 0 heterocycles. The van der Waals surface area contributed by atoms with E-state index in [9.17, 15) is 0 Å². The van der Waals surface area contributed by atoms with Crippen LogP contribution in [0.2, 0.25) is 0 Å². The molecule has 0 unspecified atom stereocenters. The van der Waals surface area contributed by atoms with Crippen LogP contribution in [0.5, 0.6) is 0 Å². The van der Waals surface area contributed by atoms with Crippen LogP contribution in [0.4, 0.5) is 0 Å². The molecule has 2 aliphatic rings. The smallest absolute Gasteiger partial charge is 0.0178 e. The van der Waals surface area contributed by atoms with Gasteiger partial charge in [0.1, 0.15) is 0 Å². The molecule has 0 aliphatic heterocycles. The van der Waals surface area contributed by atoms with Crippen molar-refractivity contribution in [3.8, 4) is 0 Å². The average Bonchev–Trinajstić information content (AvgIpc) is 2.64. The third kappa shape index (κ3) is 4.80. The predicted molar refractivity (Wildman–Crippen MR) is 95.8 cm³/mol. The summed E-state index contributed by atoms with van der Waals surface area (Å²) in [5.74, 6) is 0. The molecule has 0 radical (unpaired) electrons. The quantitative estimate of drug-likeness (QED) is 0.525. The van der Waals surface area contributed by atoms with Crippen molar-refractivity contribution in [2.75, 3.05) is 0 Å². The van der Waals surface area contributed by atoms with Gasteiger partial charge in [0.15, 0.2) is 0 Å². The summed E-state index contributed by atoms with van der Waals surface area (Å²) in [4.78, 5) is 0. The minimum atomic E-state index is 0.194. The van der Waals surface area contributed by atoms with Gasteiger partial charge in [0.05, 0.1) is 0 Å². The molecule has 0 nitrogen and oxygen atoms in total. The van der Waals surface area contributed by atoms with Gasteiger partial charge in [-0.25, -0.2) is 0 Å². The van der Waals surface area contributed by atoms with E-state index >= 15 is 0 Å². The molecule has 0 aromatic heterocycles.